The molecule has 1 N–H and O–H groups in total. The molecule has 16 heavy (non-hydrogen) atoms. The Morgan fingerprint density at radius 1 is 1.44 bits per heavy atom. The van der Waals surface area contributed by atoms with Crippen molar-refractivity contribution in [1.82, 2.24) is 9.88 Å². The molecule has 0 spiro atoms. The number of aryl methyl sites for hydroxylation is 1. The molecule has 0 atom stereocenters. The summed E-state index contributed by atoms with van der Waals surface area (Å²) in [5.74, 6) is 0.258. The second-order valence-electron chi connectivity index (χ2n) is 4.02. The fourth-order valence-corrected chi connectivity index (χ4v) is 2.17. The minimum Gasteiger partial charge on any atom is -0.354 e. The molecule has 0 aromatic carbocycles. The SMILES string of the molecule is CCNCc1ccn(CCCS(C)(=O)=O)c1. The van der Waals surface area contributed by atoms with E-state index in [0.29, 0.717) is 6.42 Å². The van der Waals surface area contributed by atoms with Crippen LogP contribution in [0.1, 0.15) is 18.9 Å². The molecule has 4 nitrogen and oxygen atoms in total. The van der Waals surface area contributed by atoms with E-state index in [1.54, 1.807) is 0 Å². The maximum Gasteiger partial charge on any atom is 0.147 e. The van der Waals surface area contributed by atoms with Crippen molar-refractivity contribution in [2.75, 3.05) is 18.6 Å². The maximum atomic E-state index is 10.9. The molecule has 1 heterocycles. The molecule has 0 fully saturated rings. The zero-order valence-corrected chi connectivity index (χ0v) is 10.8. The number of hydrogen-bond acceptors (Lipinski definition) is 3. The molecule has 1 aromatic heterocycles. The molecule has 0 unspecified atom stereocenters. The van der Waals surface area contributed by atoms with Crippen LogP contribution in [0.15, 0.2) is 18.5 Å². The summed E-state index contributed by atoms with van der Waals surface area (Å²) in [6.45, 7) is 4.66. The zero-order valence-electron chi connectivity index (χ0n) is 9.94. The van der Waals surface area contributed by atoms with Gasteiger partial charge in [0.05, 0.1) is 5.75 Å². The van der Waals surface area contributed by atoms with Crippen molar-refractivity contribution in [3.05, 3.63) is 24.0 Å². The first-order chi connectivity index (χ1) is 7.51. The van der Waals surface area contributed by atoms with Gasteiger partial charge in [-0.25, -0.2) is 8.42 Å². The average Bonchev–Trinajstić information content (AvgIpc) is 2.61. The van der Waals surface area contributed by atoms with E-state index in [0.717, 1.165) is 19.6 Å². The van der Waals surface area contributed by atoms with Crippen LogP contribution in [0.4, 0.5) is 0 Å². The Balaban J connectivity index is 2.35. The molecule has 0 amide bonds. The highest BCUT2D eigenvalue weighted by molar-refractivity contribution is 7.90. The molecule has 5 heteroatoms. The van der Waals surface area contributed by atoms with Gasteiger partial charge in [0.1, 0.15) is 9.84 Å². The van der Waals surface area contributed by atoms with Gasteiger partial charge in [-0.15, -0.1) is 0 Å². The molecule has 1 rings (SSSR count). The van der Waals surface area contributed by atoms with Gasteiger partial charge in [-0.2, -0.15) is 0 Å². The molecule has 0 aliphatic carbocycles. The molecule has 0 saturated heterocycles. The molecular formula is C11H20N2O2S. The Bertz CT molecular complexity index is 409. The highest BCUT2D eigenvalue weighted by atomic mass is 32.2. The van der Waals surface area contributed by atoms with Crippen LogP contribution in [-0.2, 0) is 22.9 Å². The smallest absolute Gasteiger partial charge is 0.147 e. The Morgan fingerprint density at radius 2 is 2.19 bits per heavy atom. The third kappa shape index (κ3) is 5.32. The Labute approximate surface area is 97.6 Å². The first-order valence-corrected chi connectivity index (χ1v) is 7.60. The van der Waals surface area contributed by atoms with Crippen LogP contribution in [0.2, 0.25) is 0 Å². The number of rotatable bonds is 7. The minimum atomic E-state index is -2.83. The summed E-state index contributed by atoms with van der Waals surface area (Å²) >= 11 is 0. The number of nitrogens with one attached hydrogen (secondary N) is 1. The highest BCUT2D eigenvalue weighted by Gasteiger charge is 2.02. The lowest BCUT2D eigenvalue weighted by molar-refractivity contribution is 0.592. The summed E-state index contributed by atoms with van der Waals surface area (Å²) in [4.78, 5) is 0. The van der Waals surface area contributed by atoms with Gasteiger partial charge < -0.3 is 9.88 Å². The van der Waals surface area contributed by atoms with Crippen LogP contribution < -0.4 is 5.32 Å². The average molecular weight is 244 g/mol. The van der Waals surface area contributed by atoms with Crippen molar-refractivity contribution in [3.63, 3.8) is 0 Å². The van der Waals surface area contributed by atoms with Gasteiger partial charge >= 0.3 is 0 Å². The molecule has 0 aliphatic heterocycles. The third-order valence-electron chi connectivity index (χ3n) is 2.32. The summed E-state index contributed by atoms with van der Waals surface area (Å²) in [5, 5.41) is 3.25. The van der Waals surface area contributed by atoms with Crippen LogP contribution in [0.3, 0.4) is 0 Å². The second kappa shape index (κ2) is 6.06. The molecule has 0 aliphatic rings. The van der Waals surface area contributed by atoms with E-state index in [1.807, 2.05) is 10.8 Å². The van der Waals surface area contributed by atoms with Gasteiger partial charge in [-0.05, 0) is 24.6 Å². The predicted molar refractivity (Wildman–Crippen MR) is 66.1 cm³/mol. The third-order valence-corrected chi connectivity index (χ3v) is 3.35. The van der Waals surface area contributed by atoms with E-state index >= 15 is 0 Å². The Kier molecular flexibility index (Phi) is 5.02. The number of aromatic nitrogens is 1. The fourth-order valence-electron chi connectivity index (χ4n) is 1.51. The summed E-state index contributed by atoms with van der Waals surface area (Å²) in [7, 11) is -2.83. The van der Waals surface area contributed by atoms with Gasteiger partial charge in [0.2, 0.25) is 0 Å². The van der Waals surface area contributed by atoms with Crippen LogP contribution in [0.25, 0.3) is 0 Å². The quantitative estimate of drug-likeness (QED) is 0.779. The standard InChI is InChI=1S/C11H20N2O2S/c1-3-12-9-11-5-7-13(10-11)6-4-8-16(2,14)15/h5,7,10,12H,3-4,6,8-9H2,1-2H3. The van der Waals surface area contributed by atoms with Crippen molar-refractivity contribution >= 4 is 9.84 Å². The van der Waals surface area contributed by atoms with Gasteiger partial charge in [-0.3, -0.25) is 0 Å². The Hall–Kier alpha value is -0.810. The van der Waals surface area contributed by atoms with Crippen LogP contribution in [0, 0.1) is 0 Å². The number of nitrogens with zero attached hydrogens (tertiary/aromatic N) is 1. The molecule has 92 valence electrons. The molecule has 0 radical (unpaired) electrons. The minimum absolute atomic E-state index is 0.258. The van der Waals surface area contributed by atoms with E-state index in [4.69, 9.17) is 0 Å². The maximum absolute atomic E-state index is 10.9. The summed E-state index contributed by atoms with van der Waals surface area (Å²) in [5.41, 5.74) is 1.24. The first-order valence-electron chi connectivity index (χ1n) is 5.54. The monoisotopic (exact) mass is 244 g/mol. The van der Waals surface area contributed by atoms with E-state index < -0.39 is 9.84 Å². The van der Waals surface area contributed by atoms with Crippen LogP contribution >= 0.6 is 0 Å². The number of sulfone groups is 1. The van der Waals surface area contributed by atoms with Crippen molar-refractivity contribution in [3.8, 4) is 0 Å². The summed E-state index contributed by atoms with van der Waals surface area (Å²) < 4.78 is 23.9. The Morgan fingerprint density at radius 3 is 2.81 bits per heavy atom. The van der Waals surface area contributed by atoms with Crippen molar-refractivity contribution < 1.29 is 8.42 Å². The van der Waals surface area contributed by atoms with E-state index in [-0.39, 0.29) is 5.75 Å². The van der Waals surface area contributed by atoms with Crippen molar-refractivity contribution in [1.29, 1.82) is 0 Å². The summed E-state index contributed by atoms with van der Waals surface area (Å²) in [6.07, 6.45) is 6.01. The zero-order chi connectivity index (χ0) is 12.0. The van der Waals surface area contributed by atoms with Crippen molar-refractivity contribution in [2.45, 2.75) is 26.4 Å². The molecule has 0 bridgehead atoms. The lowest BCUT2D eigenvalue weighted by Gasteiger charge is -2.02. The lowest BCUT2D eigenvalue weighted by Crippen LogP contribution is -2.11. The largest absolute Gasteiger partial charge is 0.354 e. The normalized spacial score (nSPS) is 11.9. The fraction of sp³-hybridized carbons (Fsp3) is 0.636. The topological polar surface area (TPSA) is 51.1 Å². The lowest BCUT2D eigenvalue weighted by atomic mass is 10.3. The molecule has 0 saturated carbocycles. The van der Waals surface area contributed by atoms with E-state index in [9.17, 15) is 8.42 Å². The second-order valence-corrected chi connectivity index (χ2v) is 6.28. The molecule has 1 aromatic rings. The predicted octanol–water partition coefficient (Wildman–Crippen LogP) is 1.03. The number of hydrogen-bond donors (Lipinski definition) is 1. The van der Waals surface area contributed by atoms with Gasteiger partial charge in [0.25, 0.3) is 0 Å². The van der Waals surface area contributed by atoms with E-state index in [2.05, 4.69) is 24.5 Å². The van der Waals surface area contributed by atoms with E-state index in [1.165, 1.54) is 11.8 Å². The first kappa shape index (κ1) is 13.3. The molecular weight excluding hydrogens is 224 g/mol. The van der Waals surface area contributed by atoms with Gasteiger partial charge in [0, 0.05) is 31.7 Å². The van der Waals surface area contributed by atoms with Crippen LogP contribution in [-0.4, -0.2) is 31.5 Å². The van der Waals surface area contributed by atoms with Gasteiger partial charge in [0.15, 0.2) is 0 Å². The van der Waals surface area contributed by atoms with Crippen LogP contribution in [0.5, 0.6) is 0 Å². The summed E-state index contributed by atoms with van der Waals surface area (Å²) in [6, 6.07) is 2.06. The van der Waals surface area contributed by atoms with Gasteiger partial charge in [-0.1, -0.05) is 6.92 Å². The highest BCUT2D eigenvalue weighted by Crippen LogP contribution is 2.02. The van der Waals surface area contributed by atoms with Crippen molar-refractivity contribution in [2.24, 2.45) is 0 Å².